The first kappa shape index (κ1) is 14.7. The number of nitrogens with one attached hydrogen (secondary N) is 2. The van der Waals surface area contributed by atoms with Crippen molar-refractivity contribution >= 4 is 11.6 Å². The number of anilines is 1. The fourth-order valence-electron chi connectivity index (χ4n) is 2.47. The largest absolute Gasteiger partial charge is 0.495 e. The molecule has 5 nitrogen and oxygen atoms in total. The minimum Gasteiger partial charge on any atom is -0.495 e. The first-order valence-corrected chi connectivity index (χ1v) is 7.03. The molecule has 0 radical (unpaired) electrons. The van der Waals surface area contributed by atoms with Gasteiger partial charge < -0.3 is 20.5 Å². The van der Waals surface area contributed by atoms with Gasteiger partial charge in [0.2, 0.25) is 5.91 Å². The number of hydrogen-bond acceptors (Lipinski definition) is 4. The number of rotatable bonds is 5. The number of carbonyl (C=O) groups excluding carboxylic acids is 1. The lowest BCUT2D eigenvalue weighted by molar-refractivity contribution is -0.120. The van der Waals surface area contributed by atoms with E-state index >= 15 is 0 Å². The molecule has 2 rings (SSSR count). The van der Waals surface area contributed by atoms with E-state index in [0.29, 0.717) is 0 Å². The maximum atomic E-state index is 11.9. The molecule has 0 bridgehead atoms. The Balaban J connectivity index is 1.77. The maximum absolute atomic E-state index is 11.9. The number of hydrogen-bond donors (Lipinski definition) is 3. The van der Waals surface area contributed by atoms with E-state index in [-0.39, 0.29) is 24.6 Å². The van der Waals surface area contributed by atoms with Gasteiger partial charge in [0.15, 0.2) is 0 Å². The Morgan fingerprint density at radius 3 is 2.70 bits per heavy atom. The minimum atomic E-state index is -0.199. The average molecular weight is 278 g/mol. The van der Waals surface area contributed by atoms with Crippen molar-refractivity contribution in [3.8, 4) is 5.75 Å². The van der Waals surface area contributed by atoms with Gasteiger partial charge in [-0.15, -0.1) is 0 Å². The van der Waals surface area contributed by atoms with Gasteiger partial charge in [0.1, 0.15) is 5.75 Å². The Morgan fingerprint density at radius 2 is 2.00 bits per heavy atom. The van der Waals surface area contributed by atoms with Gasteiger partial charge in [0.05, 0.1) is 25.4 Å². The van der Waals surface area contributed by atoms with Crippen molar-refractivity contribution in [2.45, 2.75) is 37.8 Å². The van der Waals surface area contributed by atoms with Gasteiger partial charge in [-0.1, -0.05) is 12.1 Å². The molecule has 1 amide bonds. The fraction of sp³-hybridized carbons (Fsp3) is 0.533. The first-order valence-electron chi connectivity index (χ1n) is 7.03. The molecular weight excluding hydrogens is 256 g/mol. The highest BCUT2D eigenvalue weighted by Crippen LogP contribution is 2.22. The number of carbonyl (C=O) groups is 1. The van der Waals surface area contributed by atoms with Crippen LogP contribution in [0.4, 0.5) is 5.69 Å². The number of ether oxygens (including phenoxy) is 1. The summed E-state index contributed by atoms with van der Waals surface area (Å²) in [4.78, 5) is 11.9. The Bertz CT molecular complexity index is 442. The minimum absolute atomic E-state index is 0.0303. The third-order valence-electron chi connectivity index (χ3n) is 3.61. The summed E-state index contributed by atoms with van der Waals surface area (Å²) < 4.78 is 5.22. The van der Waals surface area contributed by atoms with Crippen LogP contribution in [0, 0.1) is 0 Å². The van der Waals surface area contributed by atoms with Crippen LogP contribution in [0.2, 0.25) is 0 Å². The Hall–Kier alpha value is -1.75. The lowest BCUT2D eigenvalue weighted by Gasteiger charge is -2.26. The number of aliphatic hydroxyl groups is 1. The van der Waals surface area contributed by atoms with E-state index < -0.39 is 0 Å². The van der Waals surface area contributed by atoms with Crippen molar-refractivity contribution in [3.63, 3.8) is 0 Å². The van der Waals surface area contributed by atoms with Crippen LogP contribution in [-0.2, 0) is 4.79 Å². The van der Waals surface area contributed by atoms with Crippen molar-refractivity contribution in [2.24, 2.45) is 0 Å². The highest BCUT2D eigenvalue weighted by Gasteiger charge is 2.20. The van der Waals surface area contributed by atoms with Crippen molar-refractivity contribution in [3.05, 3.63) is 24.3 Å². The fourth-order valence-corrected chi connectivity index (χ4v) is 2.47. The van der Waals surface area contributed by atoms with Crippen LogP contribution in [-0.4, -0.2) is 36.8 Å². The van der Waals surface area contributed by atoms with Gasteiger partial charge in [-0.05, 0) is 37.8 Å². The topological polar surface area (TPSA) is 70.6 Å². The SMILES string of the molecule is COc1ccccc1NCC(=O)NC1CCC(O)CC1. The van der Waals surface area contributed by atoms with Crippen molar-refractivity contribution in [1.82, 2.24) is 5.32 Å². The summed E-state index contributed by atoms with van der Waals surface area (Å²) >= 11 is 0. The monoisotopic (exact) mass is 278 g/mol. The van der Waals surface area contributed by atoms with Crippen LogP contribution < -0.4 is 15.4 Å². The van der Waals surface area contributed by atoms with E-state index in [1.807, 2.05) is 24.3 Å². The third-order valence-corrected chi connectivity index (χ3v) is 3.61. The van der Waals surface area contributed by atoms with Crippen molar-refractivity contribution in [1.29, 1.82) is 0 Å². The summed E-state index contributed by atoms with van der Waals surface area (Å²) in [6.45, 7) is 0.222. The van der Waals surface area contributed by atoms with Gasteiger partial charge in [-0.2, -0.15) is 0 Å². The van der Waals surface area contributed by atoms with Crippen LogP contribution in [0.15, 0.2) is 24.3 Å². The standard InChI is InChI=1S/C15H22N2O3/c1-20-14-5-3-2-4-13(14)16-10-15(19)17-11-6-8-12(18)9-7-11/h2-5,11-12,16,18H,6-10H2,1H3,(H,17,19). The zero-order chi connectivity index (χ0) is 14.4. The molecule has 3 N–H and O–H groups in total. The molecule has 0 unspecified atom stereocenters. The molecule has 1 aliphatic rings. The highest BCUT2D eigenvalue weighted by molar-refractivity contribution is 5.81. The van der Waals surface area contributed by atoms with Crippen LogP contribution in [0.1, 0.15) is 25.7 Å². The first-order chi connectivity index (χ1) is 9.69. The second-order valence-electron chi connectivity index (χ2n) is 5.13. The lowest BCUT2D eigenvalue weighted by Crippen LogP contribution is -2.41. The van der Waals surface area contributed by atoms with Crippen LogP contribution in [0.3, 0.4) is 0 Å². The molecule has 0 spiro atoms. The Labute approximate surface area is 119 Å². The second-order valence-corrected chi connectivity index (χ2v) is 5.13. The molecule has 1 fully saturated rings. The third kappa shape index (κ3) is 4.13. The molecule has 110 valence electrons. The molecule has 20 heavy (non-hydrogen) atoms. The maximum Gasteiger partial charge on any atom is 0.239 e. The van der Waals surface area contributed by atoms with Crippen LogP contribution >= 0.6 is 0 Å². The van der Waals surface area contributed by atoms with E-state index in [9.17, 15) is 9.90 Å². The molecule has 1 aliphatic carbocycles. The van der Waals surface area contributed by atoms with E-state index in [1.165, 1.54) is 0 Å². The van der Waals surface area contributed by atoms with Gasteiger partial charge in [0, 0.05) is 6.04 Å². The molecule has 0 atom stereocenters. The highest BCUT2D eigenvalue weighted by atomic mass is 16.5. The van der Waals surface area contributed by atoms with Crippen LogP contribution in [0.5, 0.6) is 5.75 Å². The molecular formula is C15H22N2O3. The van der Waals surface area contributed by atoms with Gasteiger partial charge in [-0.3, -0.25) is 4.79 Å². The number of para-hydroxylation sites is 2. The predicted octanol–water partition coefficient (Wildman–Crippen LogP) is 1.53. The molecule has 1 aromatic carbocycles. The Kier molecular flexibility index (Phi) is 5.24. The van der Waals surface area contributed by atoms with Gasteiger partial charge in [0.25, 0.3) is 0 Å². The summed E-state index contributed by atoms with van der Waals surface area (Å²) in [7, 11) is 1.61. The van der Waals surface area contributed by atoms with Crippen molar-refractivity contribution in [2.75, 3.05) is 19.0 Å². The molecule has 1 saturated carbocycles. The molecule has 0 aliphatic heterocycles. The van der Waals surface area contributed by atoms with Gasteiger partial charge in [-0.25, -0.2) is 0 Å². The molecule has 1 aromatic rings. The van der Waals surface area contributed by atoms with Crippen molar-refractivity contribution < 1.29 is 14.6 Å². The normalized spacial score (nSPS) is 22.1. The van der Waals surface area contributed by atoms with E-state index in [2.05, 4.69) is 10.6 Å². The van der Waals surface area contributed by atoms with E-state index in [0.717, 1.165) is 37.1 Å². The number of methoxy groups -OCH3 is 1. The molecule has 0 aromatic heterocycles. The lowest BCUT2D eigenvalue weighted by atomic mass is 9.93. The molecule has 0 saturated heterocycles. The quantitative estimate of drug-likeness (QED) is 0.764. The zero-order valence-corrected chi connectivity index (χ0v) is 11.8. The number of aliphatic hydroxyl groups excluding tert-OH is 1. The van der Waals surface area contributed by atoms with Crippen LogP contribution in [0.25, 0.3) is 0 Å². The summed E-state index contributed by atoms with van der Waals surface area (Å²) in [5.74, 6) is 0.693. The summed E-state index contributed by atoms with van der Waals surface area (Å²) in [5, 5.41) is 15.5. The van der Waals surface area contributed by atoms with E-state index in [4.69, 9.17) is 4.74 Å². The molecule has 5 heteroatoms. The summed E-state index contributed by atoms with van der Waals surface area (Å²) in [5.41, 5.74) is 0.809. The summed E-state index contributed by atoms with van der Waals surface area (Å²) in [6.07, 6.45) is 3.04. The van der Waals surface area contributed by atoms with E-state index in [1.54, 1.807) is 7.11 Å². The summed E-state index contributed by atoms with van der Waals surface area (Å²) in [6, 6.07) is 7.69. The number of benzene rings is 1. The Morgan fingerprint density at radius 1 is 1.30 bits per heavy atom. The van der Waals surface area contributed by atoms with Gasteiger partial charge >= 0.3 is 0 Å². The zero-order valence-electron chi connectivity index (χ0n) is 11.8. The second kappa shape index (κ2) is 7.14. The number of amides is 1. The predicted molar refractivity (Wildman–Crippen MR) is 77.9 cm³/mol. The molecule has 0 heterocycles. The average Bonchev–Trinajstić information content (AvgIpc) is 2.48. The smallest absolute Gasteiger partial charge is 0.239 e.